The molecule has 1 N–H and O–H groups in total. The Kier molecular flexibility index (Phi) is 2.15. The first-order valence-electron chi connectivity index (χ1n) is 6.15. The molecule has 0 unspecified atom stereocenters. The van der Waals surface area contributed by atoms with E-state index in [1.165, 1.54) is 0 Å². The minimum Gasteiger partial charge on any atom is -0.352 e. The molecule has 0 radical (unpaired) electrons. The van der Waals surface area contributed by atoms with Crippen LogP contribution < -0.4 is 10.7 Å². The zero-order chi connectivity index (χ0) is 17.9. The standard InChI is InChI=1S/C13H3F8NOS/c14-3-1-2-4-12(7(3)15)24(18,19,20,21)13-9(17)8(16)5-6(11(5)23)10(13)22-4/h1-2,22H. The van der Waals surface area contributed by atoms with Gasteiger partial charge in [0.2, 0.25) is 9.84 Å². The molecule has 0 aromatic heterocycles. The number of halogens is 8. The number of rotatable bonds is 0. The number of hydrogen-bond acceptors (Lipinski definition) is 2. The Morgan fingerprint density at radius 1 is 0.792 bits per heavy atom. The van der Waals surface area contributed by atoms with Crippen LogP contribution in [0.2, 0.25) is 0 Å². The molecule has 0 saturated heterocycles. The monoisotopic (exact) mass is 373 g/mol. The van der Waals surface area contributed by atoms with Gasteiger partial charge < -0.3 is 5.32 Å². The summed E-state index contributed by atoms with van der Waals surface area (Å²) < 4.78 is 113. The highest BCUT2D eigenvalue weighted by atomic mass is 32.5. The molecule has 3 aromatic rings. The van der Waals surface area contributed by atoms with Crippen LogP contribution in [0.3, 0.4) is 0 Å². The Hall–Kier alpha value is -2.30. The Morgan fingerprint density at radius 3 is 2.04 bits per heavy atom. The maximum atomic E-state index is 14.6. The van der Waals surface area contributed by atoms with Crippen LogP contribution in [0.1, 0.15) is 0 Å². The summed E-state index contributed by atoms with van der Waals surface area (Å²) in [6.45, 7) is 0. The van der Waals surface area contributed by atoms with Crippen molar-refractivity contribution in [2.45, 2.75) is 9.79 Å². The summed E-state index contributed by atoms with van der Waals surface area (Å²) in [6.07, 6.45) is 0. The summed E-state index contributed by atoms with van der Waals surface area (Å²) in [7, 11) is -10.0. The van der Waals surface area contributed by atoms with Gasteiger partial charge in [0, 0.05) is 0 Å². The summed E-state index contributed by atoms with van der Waals surface area (Å²) in [5, 5.41) is 0.0707. The molecule has 0 saturated carbocycles. The maximum Gasteiger partial charge on any atom is 0.219 e. The molecule has 24 heavy (non-hydrogen) atoms. The average molecular weight is 373 g/mol. The smallest absolute Gasteiger partial charge is 0.219 e. The molecule has 11 heteroatoms. The second kappa shape index (κ2) is 3.39. The predicted molar refractivity (Wildman–Crippen MR) is 70.7 cm³/mol. The van der Waals surface area contributed by atoms with Crippen LogP contribution in [0.5, 0.6) is 0 Å². The van der Waals surface area contributed by atoms with Crippen molar-refractivity contribution in [1.82, 2.24) is 0 Å². The fraction of sp³-hybridized carbons (Fsp3) is 0. The summed E-state index contributed by atoms with van der Waals surface area (Å²) in [6, 6.07) is 0.704. The first kappa shape index (κ1) is 15.2. The molecule has 3 aromatic carbocycles. The van der Waals surface area contributed by atoms with Gasteiger partial charge in [-0.05, 0) is 12.1 Å². The number of hydrogen-bond donors (Lipinski definition) is 1. The Labute approximate surface area is 126 Å². The van der Waals surface area contributed by atoms with E-state index in [4.69, 9.17) is 0 Å². The molecule has 0 spiro atoms. The van der Waals surface area contributed by atoms with Crippen molar-refractivity contribution < 1.29 is 33.1 Å². The SMILES string of the molecule is O=c1c2c(F)c(F)c3c(c12)Nc1ccc(F)c(F)c1S3(F)(F)(F)F. The van der Waals surface area contributed by atoms with E-state index in [0.717, 1.165) is 0 Å². The molecule has 1 heterocycles. The van der Waals surface area contributed by atoms with Crippen LogP contribution >= 0.6 is 9.84 Å². The fourth-order valence-corrected chi connectivity index (χ4v) is 5.06. The highest BCUT2D eigenvalue weighted by Gasteiger charge is 2.74. The third-order valence-corrected chi connectivity index (χ3v) is 6.29. The molecule has 2 nitrogen and oxygen atoms in total. The van der Waals surface area contributed by atoms with Crippen LogP contribution in [-0.2, 0) is 0 Å². The van der Waals surface area contributed by atoms with Crippen LogP contribution in [0.25, 0.3) is 10.8 Å². The van der Waals surface area contributed by atoms with E-state index >= 15 is 0 Å². The number of fused-ring (bicyclic) bond motifs is 4. The minimum atomic E-state index is -10.0. The molecular weight excluding hydrogens is 370 g/mol. The summed E-state index contributed by atoms with van der Waals surface area (Å²) in [5.41, 5.74) is -3.78. The normalized spacial score (nSPS) is 22.7. The molecule has 0 amide bonds. The molecule has 1 aliphatic heterocycles. The lowest BCUT2D eigenvalue weighted by molar-refractivity contribution is 0.400. The molecule has 128 valence electrons. The first-order valence-corrected chi connectivity index (χ1v) is 8.20. The number of nitrogens with one attached hydrogen (secondary N) is 1. The number of anilines is 2. The third kappa shape index (κ3) is 1.46. The van der Waals surface area contributed by atoms with E-state index in [-0.39, 0.29) is 0 Å². The average Bonchev–Trinajstić information content (AvgIpc) is 3.09. The van der Waals surface area contributed by atoms with E-state index in [9.17, 15) is 37.9 Å². The summed E-state index contributed by atoms with van der Waals surface area (Å²) >= 11 is 0. The molecule has 0 fully saturated rings. The maximum absolute atomic E-state index is 14.6. The van der Waals surface area contributed by atoms with E-state index in [1.807, 2.05) is 5.32 Å². The lowest BCUT2D eigenvalue weighted by atomic mass is 10.2. The van der Waals surface area contributed by atoms with E-state index in [1.54, 1.807) is 0 Å². The van der Waals surface area contributed by atoms with Gasteiger partial charge in [0.15, 0.2) is 28.7 Å². The first-order chi connectivity index (χ1) is 10.8. The van der Waals surface area contributed by atoms with Crippen molar-refractivity contribution in [3.63, 3.8) is 0 Å². The Morgan fingerprint density at radius 2 is 1.42 bits per heavy atom. The van der Waals surface area contributed by atoms with Crippen molar-refractivity contribution in [3.05, 3.63) is 45.6 Å². The van der Waals surface area contributed by atoms with Gasteiger partial charge in [-0.25, -0.2) is 17.6 Å². The minimum absolute atomic E-state index is 0.306. The Balaban J connectivity index is 2.29. The highest BCUT2D eigenvalue weighted by molar-refractivity contribution is 8.50. The fourth-order valence-electron chi connectivity index (χ4n) is 2.82. The zero-order valence-electron chi connectivity index (χ0n) is 11.0. The third-order valence-electron chi connectivity index (χ3n) is 3.86. The lowest BCUT2D eigenvalue weighted by Gasteiger charge is -2.53. The van der Waals surface area contributed by atoms with E-state index < -0.39 is 70.5 Å². The zero-order valence-corrected chi connectivity index (χ0v) is 11.8. The molecular formula is C13H3F8NOS. The van der Waals surface area contributed by atoms with Crippen molar-refractivity contribution in [3.8, 4) is 0 Å². The topological polar surface area (TPSA) is 29.1 Å². The van der Waals surface area contributed by atoms with E-state index in [2.05, 4.69) is 0 Å². The summed E-state index contributed by atoms with van der Waals surface area (Å²) in [4.78, 5) is 5.97. The van der Waals surface area contributed by atoms with Crippen LogP contribution in [0, 0.1) is 23.3 Å². The second-order valence-corrected chi connectivity index (χ2v) is 8.30. The van der Waals surface area contributed by atoms with Gasteiger partial charge in [-0.3, -0.25) is 4.79 Å². The molecule has 0 aliphatic carbocycles. The van der Waals surface area contributed by atoms with Crippen LogP contribution in [-0.4, -0.2) is 0 Å². The van der Waals surface area contributed by atoms with Gasteiger partial charge >= 0.3 is 0 Å². The predicted octanol–water partition coefficient (Wildman–Crippen LogP) is 5.52. The van der Waals surface area contributed by atoms with Crippen LogP contribution in [0.15, 0.2) is 26.7 Å². The van der Waals surface area contributed by atoms with Gasteiger partial charge in [0.1, 0.15) is 9.79 Å². The van der Waals surface area contributed by atoms with Crippen molar-refractivity contribution in [2.75, 3.05) is 5.32 Å². The number of benzene rings is 2. The highest BCUT2D eigenvalue weighted by Crippen LogP contribution is 3.07. The second-order valence-electron chi connectivity index (χ2n) is 5.34. The molecule has 1 aliphatic rings. The van der Waals surface area contributed by atoms with Gasteiger partial charge in [0.05, 0.1) is 22.1 Å². The quantitative estimate of drug-likeness (QED) is 0.526. The van der Waals surface area contributed by atoms with Gasteiger partial charge in [-0.1, -0.05) is 0 Å². The van der Waals surface area contributed by atoms with Crippen molar-refractivity contribution >= 4 is 32.0 Å². The van der Waals surface area contributed by atoms with Gasteiger partial charge in [-0.2, -0.15) is 0 Å². The molecule has 0 bridgehead atoms. The molecule has 4 rings (SSSR count). The van der Waals surface area contributed by atoms with Crippen molar-refractivity contribution in [2.24, 2.45) is 0 Å². The van der Waals surface area contributed by atoms with Crippen LogP contribution in [0.4, 0.5) is 44.5 Å². The van der Waals surface area contributed by atoms with Gasteiger partial charge in [-0.15, -0.1) is 15.5 Å². The lowest BCUT2D eigenvalue weighted by Crippen LogP contribution is -2.25. The van der Waals surface area contributed by atoms with E-state index in [0.29, 0.717) is 12.1 Å². The Bertz CT molecular complexity index is 1120. The summed E-state index contributed by atoms with van der Waals surface area (Å²) in [5.74, 6) is -9.45. The largest absolute Gasteiger partial charge is 0.352 e. The van der Waals surface area contributed by atoms with Crippen molar-refractivity contribution in [1.29, 1.82) is 0 Å². The van der Waals surface area contributed by atoms with Gasteiger partial charge in [0.25, 0.3) is 0 Å². The molecule has 0 atom stereocenters.